The molecule has 0 aromatic heterocycles. The molecule has 0 saturated heterocycles. The van der Waals surface area contributed by atoms with E-state index < -0.39 is 0 Å². The van der Waals surface area contributed by atoms with Gasteiger partial charge in [-0.15, -0.1) is 0 Å². The molecule has 1 heteroatoms. The van der Waals surface area contributed by atoms with Crippen molar-refractivity contribution in [1.29, 1.82) is 0 Å². The van der Waals surface area contributed by atoms with E-state index in [1.165, 1.54) is 11.1 Å². The quantitative estimate of drug-likeness (QED) is 0.434. The standard InChI is InChI=1S/C23H23F/c1-2-3-5-10-21-15-16-22(17-23(21)24)20-13-11-19(12-14-20)18-8-6-4-7-9-18/h4,6-9,11-17H,2-3,5,10H2,1H3. The molecule has 0 N–H and O–H groups in total. The van der Waals surface area contributed by atoms with Crippen LogP contribution in [-0.4, -0.2) is 0 Å². The highest BCUT2D eigenvalue weighted by Crippen LogP contribution is 2.26. The molecule has 0 heterocycles. The molecule has 0 spiro atoms. The average Bonchev–Trinajstić information content (AvgIpc) is 2.64. The van der Waals surface area contributed by atoms with Gasteiger partial charge in [0.1, 0.15) is 5.82 Å². The molecule has 0 fully saturated rings. The van der Waals surface area contributed by atoms with Crippen LogP contribution in [0.1, 0.15) is 31.7 Å². The maximum atomic E-state index is 14.3. The van der Waals surface area contributed by atoms with Crippen molar-refractivity contribution in [3.05, 3.63) is 84.2 Å². The van der Waals surface area contributed by atoms with Gasteiger partial charge in [-0.2, -0.15) is 0 Å². The fourth-order valence-corrected chi connectivity index (χ4v) is 2.98. The molecule has 3 aromatic rings. The fraction of sp³-hybridized carbons (Fsp3) is 0.217. The lowest BCUT2D eigenvalue weighted by Crippen LogP contribution is -1.92. The predicted molar refractivity (Wildman–Crippen MR) is 101 cm³/mol. The topological polar surface area (TPSA) is 0 Å². The van der Waals surface area contributed by atoms with Crippen LogP contribution < -0.4 is 0 Å². The van der Waals surface area contributed by atoms with E-state index in [-0.39, 0.29) is 5.82 Å². The van der Waals surface area contributed by atoms with Gasteiger partial charge in [-0.05, 0) is 46.7 Å². The van der Waals surface area contributed by atoms with Crippen LogP contribution in [0, 0.1) is 5.82 Å². The molecular formula is C23H23F. The monoisotopic (exact) mass is 318 g/mol. The number of hydrogen-bond donors (Lipinski definition) is 0. The number of hydrogen-bond acceptors (Lipinski definition) is 0. The van der Waals surface area contributed by atoms with Gasteiger partial charge in [-0.1, -0.05) is 86.5 Å². The molecule has 122 valence electrons. The molecule has 0 amide bonds. The molecule has 3 rings (SSSR count). The Kier molecular flexibility index (Phi) is 5.43. The molecule has 3 aromatic carbocycles. The van der Waals surface area contributed by atoms with Crippen LogP contribution in [0.15, 0.2) is 72.8 Å². The number of unbranched alkanes of at least 4 members (excludes halogenated alkanes) is 2. The fourth-order valence-electron chi connectivity index (χ4n) is 2.98. The molecule has 0 saturated carbocycles. The molecule has 0 nitrogen and oxygen atoms in total. The zero-order valence-electron chi connectivity index (χ0n) is 14.1. The lowest BCUT2D eigenvalue weighted by Gasteiger charge is -2.08. The van der Waals surface area contributed by atoms with Crippen LogP contribution in [0.3, 0.4) is 0 Å². The Hall–Kier alpha value is -2.41. The van der Waals surface area contributed by atoms with Crippen LogP contribution >= 0.6 is 0 Å². The number of halogens is 1. The highest BCUT2D eigenvalue weighted by molar-refractivity contribution is 5.70. The van der Waals surface area contributed by atoms with Crippen molar-refractivity contribution >= 4 is 0 Å². The summed E-state index contributed by atoms with van der Waals surface area (Å²) in [7, 11) is 0. The second-order valence-corrected chi connectivity index (χ2v) is 6.21. The number of benzene rings is 3. The summed E-state index contributed by atoms with van der Waals surface area (Å²) >= 11 is 0. The van der Waals surface area contributed by atoms with E-state index in [1.807, 2.05) is 30.3 Å². The van der Waals surface area contributed by atoms with Crippen molar-refractivity contribution in [3.63, 3.8) is 0 Å². The normalized spacial score (nSPS) is 10.8. The van der Waals surface area contributed by atoms with E-state index in [9.17, 15) is 4.39 Å². The van der Waals surface area contributed by atoms with Gasteiger partial charge in [0, 0.05) is 0 Å². The summed E-state index contributed by atoms with van der Waals surface area (Å²) in [6.45, 7) is 2.17. The van der Waals surface area contributed by atoms with Crippen LogP contribution in [0.2, 0.25) is 0 Å². The second kappa shape index (κ2) is 7.92. The maximum absolute atomic E-state index is 14.3. The first-order chi connectivity index (χ1) is 11.8. The third kappa shape index (κ3) is 3.91. The van der Waals surface area contributed by atoms with E-state index in [0.717, 1.165) is 42.4 Å². The van der Waals surface area contributed by atoms with E-state index >= 15 is 0 Å². The smallest absolute Gasteiger partial charge is 0.127 e. The van der Waals surface area contributed by atoms with Crippen molar-refractivity contribution in [2.75, 3.05) is 0 Å². The van der Waals surface area contributed by atoms with E-state index in [2.05, 4.69) is 43.3 Å². The van der Waals surface area contributed by atoms with Gasteiger partial charge < -0.3 is 0 Å². The van der Waals surface area contributed by atoms with Crippen molar-refractivity contribution in [2.45, 2.75) is 32.6 Å². The molecule has 0 radical (unpaired) electrons. The molecule has 24 heavy (non-hydrogen) atoms. The van der Waals surface area contributed by atoms with Crippen molar-refractivity contribution in [2.24, 2.45) is 0 Å². The summed E-state index contributed by atoms with van der Waals surface area (Å²) in [4.78, 5) is 0. The Morgan fingerprint density at radius 3 is 1.88 bits per heavy atom. The van der Waals surface area contributed by atoms with Gasteiger partial charge in [0.15, 0.2) is 0 Å². The van der Waals surface area contributed by atoms with Crippen molar-refractivity contribution < 1.29 is 4.39 Å². The van der Waals surface area contributed by atoms with Crippen LogP contribution in [0.5, 0.6) is 0 Å². The molecule has 0 bridgehead atoms. The van der Waals surface area contributed by atoms with Crippen LogP contribution in [-0.2, 0) is 6.42 Å². The second-order valence-electron chi connectivity index (χ2n) is 6.21. The lowest BCUT2D eigenvalue weighted by molar-refractivity contribution is 0.599. The molecule has 0 atom stereocenters. The maximum Gasteiger partial charge on any atom is 0.127 e. The highest BCUT2D eigenvalue weighted by Gasteiger charge is 2.06. The third-order valence-electron chi connectivity index (χ3n) is 4.43. The van der Waals surface area contributed by atoms with E-state index in [4.69, 9.17) is 0 Å². The summed E-state index contributed by atoms with van der Waals surface area (Å²) in [5.41, 5.74) is 5.19. The third-order valence-corrected chi connectivity index (χ3v) is 4.43. The van der Waals surface area contributed by atoms with Gasteiger partial charge in [-0.25, -0.2) is 4.39 Å². The predicted octanol–water partition coefficient (Wildman–Crippen LogP) is 6.89. The minimum Gasteiger partial charge on any atom is -0.207 e. The first-order valence-electron chi connectivity index (χ1n) is 8.72. The zero-order chi connectivity index (χ0) is 16.8. The van der Waals surface area contributed by atoms with E-state index in [1.54, 1.807) is 6.07 Å². The Morgan fingerprint density at radius 2 is 1.25 bits per heavy atom. The summed E-state index contributed by atoms with van der Waals surface area (Å²) in [5.74, 6) is -0.0873. The average molecular weight is 318 g/mol. The Morgan fingerprint density at radius 1 is 0.667 bits per heavy atom. The van der Waals surface area contributed by atoms with Gasteiger partial charge >= 0.3 is 0 Å². The molecule has 0 aliphatic heterocycles. The molecule has 0 aliphatic rings. The summed E-state index contributed by atoms with van der Waals surface area (Å²) in [5, 5.41) is 0. The zero-order valence-corrected chi connectivity index (χ0v) is 14.1. The minimum atomic E-state index is -0.0873. The van der Waals surface area contributed by atoms with Gasteiger partial charge in [0.2, 0.25) is 0 Å². The SMILES string of the molecule is CCCCCc1ccc(-c2ccc(-c3ccccc3)cc2)cc1F. The molecular weight excluding hydrogens is 295 g/mol. The number of aryl methyl sites for hydroxylation is 1. The summed E-state index contributed by atoms with van der Waals surface area (Å²) in [6, 6.07) is 24.2. The van der Waals surface area contributed by atoms with Crippen LogP contribution in [0.4, 0.5) is 4.39 Å². The van der Waals surface area contributed by atoms with Gasteiger partial charge in [0.05, 0.1) is 0 Å². The van der Waals surface area contributed by atoms with Crippen molar-refractivity contribution in [1.82, 2.24) is 0 Å². The number of rotatable bonds is 6. The van der Waals surface area contributed by atoms with Crippen molar-refractivity contribution in [3.8, 4) is 22.3 Å². The summed E-state index contributed by atoms with van der Waals surface area (Å²) in [6.07, 6.45) is 4.20. The first-order valence-corrected chi connectivity index (χ1v) is 8.72. The Balaban J connectivity index is 1.78. The molecule has 0 aliphatic carbocycles. The van der Waals surface area contributed by atoms with Gasteiger partial charge in [0.25, 0.3) is 0 Å². The van der Waals surface area contributed by atoms with Gasteiger partial charge in [-0.3, -0.25) is 0 Å². The van der Waals surface area contributed by atoms with E-state index in [0.29, 0.717) is 0 Å². The molecule has 0 unspecified atom stereocenters. The lowest BCUT2D eigenvalue weighted by atomic mass is 9.98. The Labute approximate surface area is 144 Å². The Bertz CT molecular complexity index is 773. The minimum absolute atomic E-state index is 0.0873. The largest absolute Gasteiger partial charge is 0.207 e. The van der Waals surface area contributed by atoms with Crippen LogP contribution in [0.25, 0.3) is 22.3 Å². The first kappa shape index (κ1) is 16.4. The highest BCUT2D eigenvalue weighted by atomic mass is 19.1. The summed E-state index contributed by atoms with van der Waals surface area (Å²) < 4.78 is 14.3.